The quantitative estimate of drug-likeness (QED) is 0.746. The van der Waals surface area contributed by atoms with Gasteiger partial charge in [-0.15, -0.1) is 0 Å². The normalized spacial score (nSPS) is 11.9. The number of carboxylic acids is 1. The summed E-state index contributed by atoms with van der Waals surface area (Å²) in [5.41, 5.74) is 7.59. The number of hydrogen-bond acceptors (Lipinski definition) is 3. The van der Waals surface area contributed by atoms with Gasteiger partial charge in [0.15, 0.2) is 0 Å². The number of aliphatic carboxylic acids is 1. The highest BCUT2D eigenvalue weighted by atomic mass is 16.4. The zero-order valence-corrected chi connectivity index (χ0v) is 13.2. The number of hydrogen-bond donors (Lipinski definition) is 3. The lowest BCUT2D eigenvalue weighted by Gasteiger charge is -2.17. The summed E-state index contributed by atoms with van der Waals surface area (Å²) in [5, 5.41) is 11.5. The molecule has 0 aliphatic heterocycles. The monoisotopic (exact) mass is 338 g/mol. The first kappa shape index (κ1) is 19.9. The molecule has 2 atom stereocenters. The number of rotatable bonds is 4. The highest BCUT2D eigenvalue weighted by Gasteiger charge is 2.24. The number of carbonyl (C=O) groups is 2. The molecular weight excluding hydrogens is 316 g/mol. The van der Waals surface area contributed by atoms with E-state index in [4.69, 9.17) is 10.8 Å². The van der Waals surface area contributed by atoms with Crippen molar-refractivity contribution in [3.05, 3.63) is 71.3 Å². The molecule has 1 amide bonds. The maximum atomic E-state index is 12.1. The zero-order chi connectivity index (χ0) is 17.5. The Kier molecular flexibility index (Phi) is 7.39. The summed E-state index contributed by atoms with van der Waals surface area (Å²) in [6.07, 6.45) is 0. The molecule has 5 heteroatoms. The van der Waals surface area contributed by atoms with Gasteiger partial charge in [-0.3, -0.25) is 4.79 Å². The first-order valence-electron chi connectivity index (χ1n) is 7.44. The van der Waals surface area contributed by atoms with Crippen molar-refractivity contribution in [1.82, 2.24) is 5.32 Å². The average molecular weight is 338 g/mol. The Labute approximate surface area is 147 Å². The van der Waals surface area contributed by atoms with E-state index >= 15 is 0 Å². The lowest BCUT2D eigenvalue weighted by molar-refractivity contribution is -0.139. The molecule has 0 aliphatic carbocycles. The van der Waals surface area contributed by atoms with E-state index in [-0.39, 0.29) is 7.43 Å². The van der Waals surface area contributed by atoms with Crippen LogP contribution >= 0.6 is 0 Å². The van der Waals surface area contributed by atoms with Crippen molar-refractivity contribution in [1.29, 1.82) is 0 Å². The van der Waals surface area contributed by atoms with Crippen LogP contribution in [0.15, 0.2) is 54.6 Å². The van der Waals surface area contributed by atoms with Gasteiger partial charge in [0.1, 0.15) is 6.04 Å². The molecule has 0 heterocycles. The Morgan fingerprint density at radius 1 is 1.00 bits per heavy atom. The van der Waals surface area contributed by atoms with Crippen molar-refractivity contribution in [2.24, 2.45) is 5.73 Å². The molecule has 0 bridgehead atoms. The van der Waals surface area contributed by atoms with E-state index < -0.39 is 24.0 Å². The minimum absolute atomic E-state index is 0. The Morgan fingerprint density at radius 2 is 1.52 bits per heavy atom. The molecule has 0 spiro atoms. The maximum Gasteiger partial charge on any atom is 0.327 e. The Morgan fingerprint density at radius 3 is 2.00 bits per heavy atom. The summed E-state index contributed by atoms with van der Waals surface area (Å²) in [6, 6.07) is 14.4. The Bertz CT molecular complexity index is 772. The SMILES string of the molecule is C.C[C@@H](N)[C@H](NC(=O)c1ccc(C#Cc2ccccc2)cc1)C(=O)O. The molecule has 0 aliphatic rings. The molecule has 4 N–H and O–H groups in total. The van der Waals surface area contributed by atoms with Crippen LogP contribution in [0.25, 0.3) is 0 Å². The highest BCUT2D eigenvalue weighted by Crippen LogP contribution is 2.05. The first-order chi connectivity index (χ1) is 11.5. The van der Waals surface area contributed by atoms with Gasteiger partial charge in [0.25, 0.3) is 5.91 Å². The molecule has 0 radical (unpaired) electrons. The predicted octanol–water partition coefficient (Wildman–Crippen LogP) is 2.25. The molecule has 0 saturated heterocycles. The van der Waals surface area contributed by atoms with Gasteiger partial charge in [-0.1, -0.05) is 37.5 Å². The van der Waals surface area contributed by atoms with Crippen molar-refractivity contribution in [3.8, 4) is 11.8 Å². The Balaban J connectivity index is 0.00000312. The maximum absolute atomic E-state index is 12.1. The van der Waals surface area contributed by atoms with E-state index in [9.17, 15) is 9.59 Å². The summed E-state index contributed by atoms with van der Waals surface area (Å²) >= 11 is 0. The van der Waals surface area contributed by atoms with E-state index in [2.05, 4.69) is 17.2 Å². The van der Waals surface area contributed by atoms with Crippen LogP contribution in [0.4, 0.5) is 0 Å². The van der Waals surface area contributed by atoms with E-state index in [1.807, 2.05) is 30.3 Å². The molecule has 130 valence electrons. The third-order valence-electron chi connectivity index (χ3n) is 3.35. The van der Waals surface area contributed by atoms with Crippen molar-refractivity contribution in [2.45, 2.75) is 26.4 Å². The number of benzene rings is 2. The summed E-state index contributed by atoms with van der Waals surface area (Å²) in [5.74, 6) is 4.39. The molecule has 25 heavy (non-hydrogen) atoms. The smallest absolute Gasteiger partial charge is 0.327 e. The third kappa shape index (κ3) is 5.79. The molecule has 0 aromatic heterocycles. The van der Waals surface area contributed by atoms with Crippen LogP contribution in [0.3, 0.4) is 0 Å². The van der Waals surface area contributed by atoms with Gasteiger partial charge >= 0.3 is 5.97 Å². The molecular formula is C20H22N2O3. The molecule has 0 saturated carbocycles. The van der Waals surface area contributed by atoms with Crippen LogP contribution in [0.5, 0.6) is 0 Å². The second kappa shape index (κ2) is 9.26. The molecule has 2 aromatic carbocycles. The topological polar surface area (TPSA) is 92.4 Å². The van der Waals surface area contributed by atoms with Gasteiger partial charge in [-0.25, -0.2) is 4.79 Å². The average Bonchev–Trinajstić information content (AvgIpc) is 2.58. The zero-order valence-electron chi connectivity index (χ0n) is 13.2. The molecule has 2 rings (SSSR count). The minimum atomic E-state index is -1.16. The van der Waals surface area contributed by atoms with E-state index in [0.29, 0.717) is 5.56 Å². The fraction of sp³-hybridized carbons (Fsp3) is 0.200. The first-order valence-corrected chi connectivity index (χ1v) is 7.44. The number of nitrogens with one attached hydrogen (secondary N) is 1. The second-order valence-electron chi connectivity index (χ2n) is 5.34. The van der Waals surface area contributed by atoms with Crippen molar-refractivity contribution in [2.75, 3.05) is 0 Å². The van der Waals surface area contributed by atoms with E-state index in [1.54, 1.807) is 24.3 Å². The highest BCUT2D eigenvalue weighted by molar-refractivity contribution is 5.96. The number of amides is 1. The van der Waals surface area contributed by atoms with Crippen LogP contribution < -0.4 is 11.1 Å². The summed E-state index contributed by atoms with van der Waals surface area (Å²) in [4.78, 5) is 23.2. The molecule has 5 nitrogen and oxygen atoms in total. The third-order valence-corrected chi connectivity index (χ3v) is 3.35. The van der Waals surface area contributed by atoms with Gasteiger partial charge in [0.2, 0.25) is 0 Å². The predicted molar refractivity (Wildman–Crippen MR) is 98.1 cm³/mol. The minimum Gasteiger partial charge on any atom is -0.480 e. The van der Waals surface area contributed by atoms with Crippen LogP contribution in [0, 0.1) is 11.8 Å². The van der Waals surface area contributed by atoms with Gasteiger partial charge in [0, 0.05) is 22.7 Å². The molecule has 0 fully saturated rings. The van der Waals surface area contributed by atoms with Gasteiger partial charge < -0.3 is 16.2 Å². The number of nitrogens with two attached hydrogens (primary N) is 1. The van der Waals surface area contributed by atoms with Gasteiger partial charge in [0.05, 0.1) is 0 Å². The second-order valence-corrected chi connectivity index (χ2v) is 5.34. The Hall–Kier alpha value is -3.10. The van der Waals surface area contributed by atoms with Gasteiger partial charge in [-0.2, -0.15) is 0 Å². The number of carbonyl (C=O) groups excluding carboxylic acids is 1. The number of carboxylic acid groups (broad SMARTS) is 1. The van der Waals surface area contributed by atoms with E-state index in [1.165, 1.54) is 6.92 Å². The summed E-state index contributed by atoms with van der Waals surface area (Å²) in [6.45, 7) is 1.53. The largest absolute Gasteiger partial charge is 0.480 e. The standard InChI is InChI=1S/C19H18N2O3.CH4/c1-13(20)17(19(23)24)21-18(22)16-11-9-15(10-12-16)8-7-14-5-3-2-4-6-14;/h2-6,9-13,17H,20H2,1H3,(H,21,22)(H,23,24);1H4/t13-,17+;/m1./s1. The summed E-state index contributed by atoms with van der Waals surface area (Å²) in [7, 11) is 0. The van der Waals surface area contributed by atoms with Crippen molar-refractivity contribution >= 4 is 11.9 Å². The molecule has 0 unspecified atom stereocenters. The fourth-order valence-corrected chi connectivity index (χ4v) is 2.01. The van der Waals surface area contributed by atoms with Crippen LogP contribution in [0.1, 0.15) is 35.8 Å². The van der Waals surface area contributed by atoms with Crippen molar-refractivity contribution < 1.29 is 14.7 Å². The summed E-state index contributed by atoms with van der Waals surface area (Å²) < 4.78 is 0. The fourth-order valence-electron chi connectivity index (χ4n) is 2.01. The lowest BCUT2D eigenvalue weighted by atomic mass is 10.1. The van der Waals surface area contributed by atoms with Crippen LogP contribution in [-0.4, -0.2) is 29.1 Å². The van der Waals surface area contributed by atoms with Crippen LogP contribution in [-0.2, 0) is 4.79 Å². The van der Waals surface area contributed by atoms with Gasteiger partial charge in [-0.05, 0) is 43.3 Å². The lowest BCUT2D eigenvalue weighted by Crippen LogP contribution is -2.51. The van der Waals surface area contributed by atoms with Crippen LogP contribution in [0.2, 0.25) is 0 Å². The van der Waals surface area contributed by atoms with E-state index in [0.717, 1.165) is 11.1 Å². The van der Waals surface area contributed by atoms with Crippen molar-refractivity contribution in [3.63, 3.8) is 0 Å². The molecule has 2 aromatic rings.